The summed E-state index contributed by atoms with van der Waals surface area (Å²) in [5.41, 5.74) is 1.23. The molecule has 1 aliphatic heterocycles. The number of esters is 1. The fourth-order valence-corrected chi connectivity index (χ4v) is 5.17. The molecule has 2 aliphatic rings. The fourth-order valence-electron chi connectivity index (χ4n) is 5.17. The van der Waals surface area contributed by atoms with E-state index in [9.17, 15) is 24.0 Å². The minimum atomic E-state index is -1.03. The van der Waals surface area contributed by atoms with Crippen molar-refractivity contribution in [3.63, 3.8) is 0 Å². The number of nitrogens with zero attached hydrogens (tertiary/aromatic N) is 1. The summed E-state index contributed by atoms with van der Waals surface area (Å²) in [5, 5.41) is 7.42. The van der Waals surface area contributed by atoms with Gasteiger partial charge in [-0.1, -0.05) is 32.9 Å². The van der Waals surface area contributed by atoms with E-state index in [4.69, 9.17) is 4.74 Å². The number of carbonyl (C=O) groups is 5. The first kappa shape index (κ1) is 25.2. The lowest BCUT2D eigenvalue weighted by molar-refractivity contribution is -0.151. The largest absolute Gasteiger partial charge is 0.454 e. The molecule has 1 aliphatic carbocycles. The molecule has 0 aromatic heterocycles. The van der Waals surface area contributed by atoms with Crippen molar-refractivity contribution in [2.75, 3.05) is 18.5 Å². The molecular weight excluding hydrogens is 440 g/mol. The number of benzene rings is 1. The third kappa shape index (κ3) is 5.55. The molecule has 2 atom stereocenters. The average molecular weight is 473 g/mol. The maximum Gasteiger partial charge on any atom is 0.326 e. The lowest BCUT2D eigenvalue weighted by atomic mass is 9.64. The van der Waals surface area contributed by atoms with E-state index in [0.29, 0.717) is 18.5 Å². The molecule has 3 rings (SSSR count). The first-order chi connectivity index (χ1) is 15.8. The normalized spacial score (nSPS) is 23.4. The highest BCUT2D eigenvalue weighted by molar-refractivity contribution is 6.09. The Labute approximate surface area is 198 Å². The molecule has 2 unspecified atom stereocenters. The SMILES string of the molecule is Cc1cccc(NC(=O)NC(=O)COC(=O)CN2C(=O)NC3(CC(C)CC(C)(C)C3)C2=O)c1C. The number of anilines is 1. The van der Waals surface area contributed by atoms with Gasteiger partial charge in [-0.15, -0.1) is 0 Å². The molecule has 1 saturated carbocycles. The topological polar surface area (TPSA) is 134 Å². The number of hydrogen-bond donors (Lipinski definition) is 3. The van der Waals surface area contributed by atoms with Crippen molar-refractivity contribution in [3.8, 4) is 0 Å². The number of ether oxygens (including phenoxy) is 1. The monoisotopic (exact) mass is 472 g/mol. The highest BCUT2D eigenvalue weighted by Crippen LogP contribution is 2.46. The van der Waals surface area contributed by atoms with Gasteiger partial charge in [-0.05, 0) is 61.6 Å². The van der Waals surface area contributed by atoms with Gasteiger partial charge in [0.2, 0.25) is 0 Å². The molecule has 0 bridgehead atoms. The number of hydrogen-bond acceptors (Lipinski definition) is 6. The predicted molar refractivity (Wildman–Crippen MR) is 124 cm³/mol. The molecule has 0 radical (unpaired) electrons. The van der Waals surface area contributed by atoms with E-state index in [1.807, 2.05) is 26.8 Å². The quantitative estimate of drug-likeness (QED) is 0.446. The van der Waals surface area contributed by atoms with Gasteiger partial charge in [-0.2, -0.15) is 0 Å². The van der Waals surface area contributed by atoms with Crippen molar-refractivity contribution in [1.29, 1.82) is 0 Å². The van der Waals surface area contributed by atoms with Crippen LogP contribution in [0.25, 0.3) is 0 Å². The number of nitrogens with one attached hydrogen (secondary N) is 3. The minimum Gasteiger partial charge on any atom is -0.454 e. The molecule has 1 spiro atoms. The fraction of sp³-hybridized carbons (Fsp3) is 0.542. The van der Waals surface area contributed by atoms with Gasteiger partial charge in [0.05, 0.1) is 0 Å². The van der Waals surface area contributed by atoms with Crippen LogP contribution in [0.15, 0.2) is 18.2 Å². The number of urea groups is 2. The Hall–Kier alpha value is -3.43. The van der Waals surface area contributed by atoms with Gasteiger partial charge in [0.15, 0.2) is 6.61 Å². The van der Waals surface area contributed by atoms with Crippen LogP contribution >= 0.6 is 0 Å². The second-order valence-electron chi connectivity index (χ2n) is 10.2. The Kier molecular flexibility index (Phi) is 6.99. The summed E-state index contributed by atoms with van der Waals surface area (Å²) < 4.78 is 4.89. The Bertz CT molecular complexity index is 1040. The lowest BCUT2D eigenvalue weighted by Crippen LogP contribution is -2.54. The molecule has 3 N–H and O–H groups in total. The molecule has 1 aromatic rings. The van der Waals surface area contributed by atoms with E-state index >= 15 is 0 Å². The second-order valence-corrected chi connectivity index (χ2v) is 10.2. The van der Waals surface area contributed by atoms with E-state index in [2.05, 4.69) is 29.8 Å². The molecule has 1 heterocycles. The van der Waals surface area contributed by atoms with Gasteiger partial charge in [-0.25, -0.2) is 9.59 Å². The number of aryl methyl sites for hydroxylation is 1. The van der Waals surface area contributed by atoms with Gasteiger partial charge >= 0.3 is 18.0 Å². The van der Waals surface area contributed by atoms with E-state index in [1.54, 1.807) is 12.1 Å². The van der Waals surface area contributed by atoms with Crippen LogP contribution in [-0.2, 0) is 19.1 Å². The van der Waals surface area contributed by atoms with E-state index in [1.165, 1.54) is 0 Å². The second kappa shape index (κ2) is 9.44. The standard InChI is InChI=1S/C24H32N4O6/c1-14-9-23(4,5)13-24(10-14)20(31)28(22(33)27-24)11-19(30)34-12-18(29)26-21(32)25-17-8-6-7-15(2)16(17)3/h6-8,14H,9-13H2,1-5H3,(H,27,33)(H2,25,26,29,32). The van der Waals surface area contributed by atoms with Gasteiger partial charge < -0.3 is 15.4 Å². The van der Waals surface area contributed by atoms with Gasteiger partial charge in [0.25, 0.3) is 11.8 Å². The Morgan fingerprint density at radius 2 is 1.88 bits per heavy atom. The summed E-state index contributed by atoms with van der Waals surface area (Å²) in [5.74, 6) is -1.98. The molecular formula is C24H32N4O6. The van der Waals surface area contributed by atoms with Crippen molar-refractivity contribution < 1.29 is 28.7 Å². The Morgan fingerprint density at radius 1 is 1.18 bits per heavy atom. The summed E-state index contributed by atoms with van der Waals surface area (Å²) in [4.78, 5) is 62.7. The average Bonchev–Trinajstić information content (AvgIpc) is 2.91. The van der Waals surface area contributed by atoms with Crippen LogP contribution in [0.5, 0.6) is 0 Å². The zero-order chi connectivity index (χ0) is 25.3. The lowest BCUT2D eigenvalue weighted by Gasteiger charge is -2.43. The van der Waals surface area contributed by atoms with Crippen molar-refractivity contribution in [2.24, 2.45) is 11.3 Å². The summed E-state index contributed by atoms with van der Waals surface area (Å²) >= 11 is 0. The van der Waals surface area contributed by atoms with Crippen LogP contribution in [0.3, 0.4) is 0 Å². The van der Waals surface area contributed by atoms with Crippen LogP contribution in [0.4, 0.5) is 15.3 Å². The maximum absolute atomic E-state index is 13.1. The number of carbonyl (C=O) groups excluding carboxylic acids is 5. The highest BCUT2D eigenvalue weighted by atomic mass is 16.5. The smallest absolute Gasteiger partial charge is 0.326 e. The summed E-state index contributed by atoms with van der Waals surface area (Å²) in [6.07, 6.45) is 1.93. The third-order valence-corrected chi connectivity index (χ3v) is 6.38. The van der Waals surface area contributed by atoms with Crippen LogP contribution in [0, 0.1) is 25.2 Å². The molecule has 1 aromatic carbocycles. The van der Waals surface area contributed by atoms with E-state index < -0.39 is 48.5 Å². The van der Waals surface area contributed by atoms with Gasteiger partial charge in [-0.3, -0.25) is 24.6 Å². The van der Waals surface area contributed by atoms with Crippen LogP contribution < -0.4 is 16.0 Å². The zero-order valence-electron chi connectivity index (χ0n) is 20.2. The Morgan fingerprint density at radius 3 is 2.56 bits per heavy atom. The van der Waals surface area contributed by atoms with Crippen molar-refractivity contribution in [3.05, 3.63) is 29.3 Å². The Balaban J connectivity index is 1.50. The van der Waals surface area contributed by atoms with E-state index in [-0.39, 0.29) is 11.3 Å². The van der Waals surface area contributed by atoms with E-state index in [0.717, 1.165) is 22.4 Å². The van der Waals surface area contributed by atoms with Crippen LogP contribution in [0.1, 0.15) is 51.2 Å². The van der Waals surface area contributed by atoms with Crippen molar-refractivity contribution >= 4 is 35.5 Å². The van der Waals surface area contributed by atoms with Crippen LogP contribution in [-0.4, -0.2) is 53.4 Å². The predicted octanol–water partition coefficient (Wildman–Crippen LogP) is 2.63. The molecule has 10 nitrogen and oxygen atoms in total. The first-order valence-corrected chi connectivity index (χ1v) is 11.3. The third-order valence-electron chi connectivity index (χ3n) is 6.38. The molecule has 10 heteroatoms. The highest BCUT2D eigenvalue weighted by Gasteiger charge is 2.56. The summed E-state index contributed by atoms with van der Waals surface area (Å²) in [6, 6.07) is 3.96. The van der Waals surface area contributed by atoms with Crippen LogP contribution in [0.2, 0.25) is 0 Å². The van der Waals surface area contributed by atoms with Crippen molar-refractivity contribution in [2.45, 2.75) is 59.4 Å². The summed E-state index contributed by atoms with van der Waals surface area (Å²) in [7, 11) is 0. The number of amides is 6. The van der Waals surface area contributed by atoms with Gasteiger partial charge in [0.1, 0.15) is 12.1 Å². The molecule has 2 fully saturated rings. The maximum atomic E-state index is 13.1. The molecule has 1 saturated heterocycles. The summed E-state index contributed by atoms with van der Waals surface area (Å²) in [6.45, 7) is 8.54. The van der Waals surface area contributed by atoms with Gasteiger partial charge in [0, 0.05) is 5.69 Å². The number of imide groups is 2. The molecule has 184 valence electrons. The first-order valence-electron chi connectivity index (χ1n) is 11.3. The zero-order valence-corrected chi connectivity index (χ0v) is 20.2. The minimum absolute atomic E-state index is 0.132. The van der Waals surface area contributed by atoms with Crippen molar-refractivity contribution in [1.82, 2.24) is 15.5 Å². The number of rotatable bonds is 5. The molecule has 6 amide bonds. The molecule has 34 heavy (non-hydrogen) atoms.